The van der Waals surface area contributed by atoms with Crippen molar-refractivity contribution in [3.05, 3.63) is 38.3 Å². The van der Waals surface area contributed by atoms with E-state index in [9.17, 15) is 19.2 Å². The minimum atomic E-state index is -2.01. The van der Waals surface area contributed by atoms with Crippen LogP contribution in [0.4, 0.5) is 9.59 Å². The summed E-state index contributed by atoms with van der Waals surface area (Å²) in [4.78, 5) is 57.4. The Morgan fingerprint density at radius 3 is 1.89 bits per heavy atom. The lowest BCUT2D eigenvalue weighted by Crippen LogP contribution is -2.51. The first-order valence-corrected chi connectivity index (χ1v) is 23.1. The maximum absolute atomic E-state index is 13.1. The van der Waals surface area contributed by atoms with Gasteiger partial charge in [-0.1, -0.05) is 69.0 Å². The average molecular weight is 868 g/mol. The molecule has 55 heavy (non-hydrogen) atoms. The molecule has 10 nitrogen and oxygen atoms in total. The van der Waals surface area contributed by atoms with Gasteiger partial charge < -0.3 is 18.6 Å². The molecule has 2 amide bonds. The summed E-state index contributed by atoms with van der Waals surface area (Å²) in [6.07, 6.45) is 3.35. The Hall–Kier alpha value is -2.79. The van der Waals surface area contributed by atoms with Crippen molar-refractivity contribution in [3.8, 4) is 11.8 Å². The first-order chi connectivity index (χ1) is 25.2. The number of carbonyl (C=O) groups is 4. The standard InChI is InChI=1S/C42H67BrN2O8SSi/c1-27(2)55(28(3)4,29(5)6)53-32(9)23-30(7)19-17-22-38(47)50-35(24-31(8)43)25-37-44-34(26-54-37)20-18-21-36(33(10)46)45(39(48)51-41(11,12)13)40(49)52-42(14,15)16/h19,24,26-29,32,35-36H,18,20-21,23,25H2,1-16H3/b30-19+,31-24+/t32-,35+,36-/m0/s1. The van der Waals surface area contributed by atoms with Gasteiger partial charge >= 0.3 is 18.2 Å². The summed E-state index contributed by atoms with van der Waals surface area (Å²) in [6, 6.07) is -1.07. The number of imide groups is 1. The lowest BCUT2D eigenvalue weighted by atomic mass is 10.0. The number of Topliss-reactive ketones (excluding diaryl/α,β-unsaturated/α-hetero) is 1. The van der Waals surface area contributed by atoms with Gasteiger partial charge in [-0.2, -0.15) is 0 Å². The molecule has 0 saturated carbocycles. The Morgan fingerprint density at radius 2 is 1.44 bits per heavy atom. The molecule has 0 aliphatic rings. The van der Waals surface area contributed by atoms with Crippen LogP contribution in [0.25, 0.3) is 0 Å². The van der Waals surface area contributed by atoms with Crippen LogP contribution in [-0.4, -0.2) is 71.6 Å². The largest absolute Gasteiger partial charge is 0.448 e. The van der Waals surface area contributed by atoms with E-state index in [1.54, 1.807) is 53.7 Å². The number of halogens is 1. The Kier molecular flexibility index (Phi) is 20.3. The van der Waals surface area contributed by atoms with Crippen LogP contribution >= 0.6 is 27.3 Å². The van der Waals surface area contributed by atoms with Crippen molar-refractivity contribution in [2.45, 2.75) is 189 Å². The smallest absolute Gasteiger partial charge is 0.420 e. The van der Waals surface area contributed by atoms with Crippen LogP contribution in [0.2, 0.25) is 16.6 Å². The molecule has 0 spiro atoms. The van der Waals surface area contributed by atoms with Crippen LogP contribution in [0.1, 0.15) is 141 Å². The number of aryl methyl sites for hydroxylation is 1. The quantitative estimate of drug-likeness (QED) is 0.0495. The second kappa shape index (κ2) is 22.2. The van der Waals surface area contributed by atoms with Crippen molar-refractivity contribution in [1.82, 2.24) is 9.88 Å². The molecule has 1 aromatic heterocycles. The number of hydrogen-bond donors (Lipinski definition) is 0. The predicted molar refractivity (Wildman–Crippen MR) is 228 cm³/mol. The summed E-state index contributed by atoms with van der Waals surface area (Å²) >= 11 is 4.88. The summed E-state index contributed by atoms with van der Waals surface area (Å²) in [5, 5.41) is 2.67. The van der Waals surface area contributed by atoms with E-state index in [0.29, 0.717) is 35.9 Å². The van der Waals surface area contributed by atoms with Crippen LogP contribution in [0.5, 0.6) is 0 Å². The second-order valence-corrected chi connectivity index (χ2v) is 24.8. The maximum atomic E-state index is 13.1. The van der Waals surface area contributed by atoms with E-state index < -0.39 is 49.8 Å². The van der Waals surface area contributed by atoms with Crippen molar-refractivity contribution >= 4 is 59.5 Å². The number of ketones is 1. The van der Waals surface area contributed by atoms with Crippen molar-refractivity contribution < 1.29 is 37.8 Å². The zero-order chi connectivity index (χ0) is 42.5. The molecule has 0 unspecified atom stereocenters. The second-order valence-electron chi connectivity index (χ2n) is 17.2. The number of rotatable bonds is 17. The van der Waals surface area contributed by atoms with E-state index in [2.05, 4.69) is 76.2 Å². The molecule has 0 aliphatic carbocycles. The van der Waals surface area contributed by atoms with Gasteiger partial charge in [-0.25, -0.2) is 24.3 Å². The molecule has 0 fully saturated rings. The van der Waals surface area contributed by atoms with E-state index in [-0.39, 0.29) is 18.3 Å². The lowest BCUT2D eigenvalue weighted by molar-refractivity contribution is -0.139. The van der Waals surface area contributed by atoms with Gasteiger partial charge in [0.15, 0.2) is 5.78 Å². The fraction of sp³-hybridized carbons (Fsp3) is 0.690. The van der Waals surface area contributed by atoms with Crippen LogP contribution in [-0.2, 0) is 41.1 Å². The van der Waals surface area contributed by atoms with Crippen molar-refractivity contribution in [2.75, 3.05) is 0 Å². The van der Waals surface area contributed by atoms with Gasteiger partial charge in [0.25, 0.3) is 0 Å². The molecule has 310 valence electrons. The van der Waals surface area contributed by atoms with E-state index >= 15 is 0 Å². The number of carbonyl (C=O) groups excluding carboxylic acids is 4. The number of thiazole rings is 1. The number of allylic oxidation sites excluding steroid dienone is 2. The van der Waals surface area contributed by atoms with Gasteiger partial charge in [-0.3, -0.25) is 4.79 Å². The van der Waals surface area contributed by atoms with Crippen molar-refractivity contribution in [1.29, 1.82) is 0 Å². The summed E-state index contributed by atoms with van der Waals surface area (Å²) in [7, 11) is -2.01. The minimum Gasteiger partial charge on any atom is -0.448 e. The van der Waals surface area contributed by atoms with Gasteiger partial charge in [-0.05, 0) is 128 Å². The number of ether oxygens (including phenoxy) is 3. The van der Waals surface area contributed by atoms with E-state index in [1.807, 2.05) is 19.2 Å². The number of hydrogen-bond acceptors (Lipinski definition) is 10. The van der Waals surface area contributed by atoms with Crippen LogP contribution < -0.4 is 0 Å². The number of esters is 1. The fourth-order valence-electron chi connectivity index (χ4n) is 6.76. The summed E-state index contributed by atoms with van der Waals surface area (Å²) in [5.41, 5.74) is 1.54. The third kappa shape index (κ3) is 17.9. The van der Waals surface area contributed by atoms with Crippen molar-refractivity contribution in [3.63, 3.8) is 0 Å². The Morgan fingerprint density at radius 1 is 0.909 bits per heavy atom. The van der Waals surface area contributed by atoms with Crippen LogP contribution in [0.3, 0.4) is 0 Å². The molecule has 3 atom stereocenters. The molecule has 0 aliphatic heterocycles. The number of aromatic nitrogens is 1. The summed E-state index contributed by atoms with van der Waals surface area (Å²) < 4.78 is 24.3. The molecule has 13 heteroatoms. The zero-order valence-electron chi connectivity index (χ0n) is 36.2. The third-order valence-corrected chi connectivity index (χ3v) is 16.1. The molecular formula is C42H67BrN2O8SSi. The zero-order valence-corrected chi connectivity index (χ0v) is 39.6. The normalized spacial score (nSPS) is 14.6. The topological polar surface area (TPSA) is 121 Å². The highest BCUT2D eigenvalue weighted by molar-refractivity contribution is 9.11. The van der Waals surface area contributed by atoms with Gasteiger partial charge in [0.2, 0.25) is 8.32 Å². The van der Waals surface area contributed by atoms with Crippen LogP contribution in [0, 0.1) is 11.8 Å². The molecule has 0 radical (unpaired) electrons. The molecule has 0 bridgehead atoms. The fourth-order valence-corrected chi connectivity index (χ4v) is 13.5. The predicted octanol–water partition coefficient (Wildman–Crippen LogP) is 11.3. The highest BCUT2D eigenvalue weighted by Crippen LogP contribution is 2.43. The summed E-state index contributed by atoms with van der Waals surface area (Å²) in [6.45, 7) is 31.1. The van der Waals surface area contributed by atoms with E-state index in [4.69, 9.17) is 23.6 Å². The first kappa shape index (κ1) is 50.2. The molecule has 1 rings (SSSR count). The average Bonchev–Trinajstić information content (AvgIpc) is 3.43. The number of amides is 2. The molecule has 1 aromatic rings. The SMILES string of the molecule is CC(=O)[C@H](CCCc1csc(C[C@@H](/C=C(\C)Br)OC(=O)C#C/C=C(\C)C[C@H](C)O[Si](C(C)C)(C(C)C)C(C)C)n1)N(C(=O)OC(C)(C)C)C(=O)OC(C)(C)C. The maximum Gasteiger partial charge on any atom is 0.420 e. The molecule has 1 heterocycles. The van der Waals surface area contributed by atoms with Gasteiger partial charge in [0, 0.05) is 23.8 Å². The van der Waals surface area contributed by atoms with E-state index in [0.717, 1.165) is 32.1 Å². The lowest BCUT2D eigenvalue weighted by Gasteiger charge is -2.44. The van der Waals surface area contributed by atoms with Crippen molar-refractivity contribution in [2.24, 2.45) is 0 Å². The Bertz CT molecular complexity index is 1520. The monoisotopic (exact) mass is 866 g/mol. The minimum absolute atomic E-state index is 0.0446. The highest BCUT2D eigenvalue weighted by atomic mass is 79.9. The van der Waals surface area contributed by atoms with Gasteiger partial charge in [0.05, 0.1) is 10.7 Å². The molecular weight excluding hydrogens is 801 g/mol. The first-order valence-electron chi connectivity index (χ1n) is 19.3. The molecule has 0 N–H and O–H groups in total. The third-order valence-electron chi connectivity index (χ3n) is 8.74. The Labute approximate surface area is 344 Å². The Balaban J connectivity index is 2.99. The number of nitrogens with zero attached hydrogens (tertiary/aromatic N) is 2. The van der Waals surface area contributed by atoms with Crippen LogP contribution in [0.15, 0.2) is 27.6 Å². The van der Waals surface area contributed by atoms with Gasteiger partial charge in [-0.15, -0.1) is 11.3 Å². The molecule has 0 saturated heterocycles. The summed E-state index contributed by atoms with van der Waals surface area (Å²) in [5.74, 6) is 4.47. The van der Waals surface area contributed by atoms with Gasteiger partial charge in [0.1, 0.15) is 23.3 Å². The van der Waals surface area contributed by atoms with E-state index in [1.165, 1.54) is 18.3 Å². The molecule has 0 aromatic carbocycles. The highest BCUT2D eigenvalue weighted by Gasteiger charge is 2.46.